The van der Waals surface area contributed by atoms with E-state index in [9.17, 15) is 14.7 Å². The Bertz CT molecular complexity index is 1400. The van der Waals surface area contributed by atoms with E-state index in [0.717, 1.165) is 22.6 Å². The summed E-state index contributed by atoms with van der Waals surface area (Å²) in [7, 11) is 1.35. The van der Waals surface area contributed by atoms with Crippen LogP contribution < -0.4 is 0 Å². The van der Waals surface area contributed by atoms with Crippen molar-refractivity contribution in [1.82, 2.24) is 4.57 Å². The molecule has 3 aromatic rings. The zero-order chi connectivity index (χ0) is 25.8. The molecular formula is C28H26N2O5S. The van der Waals surface area contributed by atoms with E-state index in [2.05, 4.69) is 9.56 Å². The monoisotopic (exact) mass is 502 g/mol. The van der Waals surface area contributed by atoms with Gasteiger partial charge in [0.15, 0.2) is 0 Å². The number of aryl methyl sites for hydroxylation is 1. The van der Waals surface area contributed by atoms with E-state index < -0.39 is 5.97 Å². The number of benzene rings is 2. The predicted octanol–water partition coefficient (Wildman–Crippen LogP) is 6.07. The molecule has 7 nitrogen and oxygen atoms in total. The fourth-order valence-corrected chi connectivity index (χ4v) is 4.97. The van der Waals surface area contributed by atoms with Crippen molar-refractivity contribution < 1.29 is 24.2 Å². The molecular weight excluding hydrogens is 476 g/mol. The maximum absolute atomic E-state index is 12.7. The fourth-order valence-electron chi connectivity index (χ4n) is 3.95. The summed E-state index contributed by atoms with van der Waals surface area (Å²) in [5, 5.41) is 11.4. The van der Waals surface area contributed by atoms with Crippen LogP contribution in [0.1, 0.15) is 34.2 Å². The Labute approximate surface area is 213 Å². The summed E-state index contributed by atoms with van der Waals surface area (Å²) in [6.07, 6.45) is 1.84. The average molecular weight is 503 g/mol. The summed E-state index contributed by atoms with van der Waals surface area (Å²) in [6, 6.07) is 18.4. The first-order chi connectivity index (χ1) is 17.3. The number of aliphatic hydroxyl groups excluding tert-OH is 1. The molecule has 0 atom stereocenters. The number of methoxy groups -OCH3 is 1. The van der Waals surface area contributed by atoms with Crippen LogP contribution in [-0.2, 0) is 14.3 Å². The normalized spacial score (nSPS) is 15.6. The molecule has 1 aliphatic rings. The first-order valence-corrected chi connectivity index (χ1v) is 12.2. The van der Waals surface area contributed by atoms with Crippen LogP contribution in [0.2, 0.25) is 0 Å². The maximum Gasteiger partial charge on any atom is 0.344 e. The van der Waals surface area contributed by atoms with Crippen molar-refractivity contribution in [3.8, 4) is 5.69 Å². The summed E-state index contributed by atoms with van der Waals surface area (Å²) in [4.78, 5) is 29.5. The molecule has 1 aliphatic heterocycles. The Morgan fingerprint density at radius 3 is 2.39 bits per heavy atom. The topological polar surface area (TPSA) is 90.1 Å². The third kappa shape index (κ3) is 4.99. The van der Waals surface area contributed by atoms with Crippen LogP contribution in [0.4, 0.5) is 5.69 Å². The van der Waals surface area contributed by atoms with E-state index in [1.54, 1.807) is 19.1 Å². The molecule has 8 heteroatoms. The van der Waals surface area contributed by atoms with E-state index in [1.807, 2.05) is 68.5 Å². The zero-order valence-electron chi connectivity index (χ0n) is 20.4. The Hall–Kier alpha value is -4.04. The predicted molar refractivity (Wildman–Crippen MR) is 142 cm³/mol. The van der Waals surface area contributed by atoms with Gasteiger partial charge in [-0.1, -0.05) is 30.0 Å². The number of nitrogens with zero attached hydrogens (tertiary/aromatic N) is 2. The third-order valence-electron chi connectivity index (χ3n) is 5.66. The van der Waals surface area contributed by atoms with Gasteiger partial charge in [0.25, 0.3) is 0 Å². The number of rotatable bonds is 6. The molecule has 4 rings (SSSR count). The highest BCUT2D eigenvalue weighted by Crippen LogP contribution is 2.41. The Morgan fingerprint density at radius 1 is 1.06 bits per heavy atom. The molecule has 36 heavy (non-hydrogen) atoms. The van der Waals surface area contributed by atoms with Crippen LogP contribution >= 0.6 is 11.8 Å². The van der Waals surface area contributed by atoms with Gasteiger partial charge in [0.1, 0.15) is 16.4 Å². The summed E-state index contributed by atoms with van der Waals surface area (Å²) in [6.45, 7) is 5.86. The largest absolute Gasteiger partial charge is 0.506 e. The van der Waals surface area contributed by atoms with Crippen LogP contribution in [-0.4, -0.2) is 40.4 Å². The standard InChI is InChI=1S/C28H26N2O5S/c1-5-35-28(33)24-25(31)23(36-26(24)29-21-9-7-6-8-10-21)16-20-15-17(2)30(18(20)3)22-13-11-19(12-14-22)27(32)34-4/h6-16,31H,5H2,1-4H3/b23-16-,29-26?. The minimum Gasteiger partial charge on any atom is -0.506 e. The van der Waals surface area contributed by atoms with E-state index >= 15 is 0 Å². The summed E-state index contributed by atoms with van der Waals surface area (Å²) in [5.74, 6) is -1.16. The number of aliphatic imine (C=N–C) groups is 1. The smallest absolute Gasteiger partial charge is 0.344 e. The lowest BCUT2D eigenvalue weighted by molar-refractivity contribution is -0.138. The molecule has 2 aromatic carbocycles. The van der Waals surface area contributed by atoms with Crippen molar-refractivity contribution in [2.24, 2.45) is 4.99 Å². The van der Waals surface area contributed by atoms with Gasteiger partial charge in [0, 0.05) is 17.1 Å². The van der Waals surface area contributed by atoms with Gasteiger partial charge in [-0.25, -0.2) is 14.6 Å². The molecule has 2 heterocycles. The van der Waals surface area contributed by atoms with Crippen molar-refractivity contribution in [2.75, 3.05) is 13.7 Å². The molecule has 0 unspecified atom stereocenters. The van der Waals surface area contributed by atoms with Crippen molar-refractivity contribution in [3.05, 3.63) is 99.4 Å². The van der Waals surface area contributed by atoms with Gasteiger partial charge in [-0.05, 0) is 74.9 Å². The van der Waals surface area contributed by atoms with Crippen molar-refractivity contribution in [2.45, 2.75) is 20.8 Å². The molecule has 0 saturated carbocycles. The number of hydrogen-bond donors (Lipinski definition) is 1. The van der Waals surface area contributed by atoms with E-state index in [-0.39, 0.29) is 23.9 Å². The van der Waals surface area contributed by atoms with Crippen LogP contribution in [0.15, 0.2) is 81.9 Å². The van der Waals surface area contributed by atoms with E-state index in [0.29, 0.717) is 21.2 Å². The Balaban J connectivity index is 1.73. The molecule has 0 bridgehead atoms. The SMILES string of the molecule is CCOC(=O)C1=C(O)/C(=C/c2cc(C)n(-c3ccc(C(=O)OC)cc3)c2C)SC1=Nc1ccccc1. The lowest BCUT2D eigenvalue weighted by Gasteiger charge is -2.10. The second-order valence-corrected chi connectivity index (χ2v) is 9.04. The summed E-state index contributed by atoms with van der Waals surface area (Å²) in [5.41, 5.74) is 4.88. The molecule has 0 saturated heterocycles. The number of thioether (sulfide) groups is 1. The molecule has 184 valence electrons. The number of carbonyl (C=O) groups excluding carboxylic acids is 2. The first-order valence-electron chi connectivity index (χ1n) is 11.4. The molecule has 0 spiro atoms. The molecule has 0 aliphatic carbocycles. The summed E-state index contributed by atoms with van der Waals surface area (Å²) >= 11 is 1.22. The van der Waals surface area contributed by atoms with Gasteiger partial charge in [-0.15, -0.1) is 0 Å². The van der Waals surface area contributed by atoms with Crippen LogP contribution in [0.5, 0.6) is 0 Å². The van der Waals surface area contributed by atoms with E-state index in [1.165, 1.54) is 18.9 Å². The number of carbonyl (C=O) groups is 2. The molecule has 0 radical (unpaired) electrons. The molecule has 1 N–H and O–H groups in total. The highest BCUT2D eigenvalue weighted by Gasteiger charge is 2.33. The quantitative estimate of drug-likeness (QED) is 0.411. The third-order valence-corrected chi connectivity index (χ3v) is 6.68. The van der Waals surface area contributed by atoms with Gasteiger partial charge in [-0.2, -0.15) is 0 Å². The molecule has 0 fully saturated rings. The van der Waals surface area contributed by atoms with Crippen molar-refractivity contribution >= 4 is 40.5 Å². The van der Waals surface area contributed by atoms with Crippen LogP contribution in [0, 0.1) is 13.8 Å². The van der Waals surface area contributed by atoms with Gasteiger partial charge in [0.2, 0.25) is 0 Å². The maximum atomic E-state index is 12.7. The molecule has 0 amide bonds. The van der Waals surface area contributed by atoms with Crippen molar-refractivity contribution in [1.29, 1.82) is 0 Å². The first kappa shape index (κ1) is 25.1. The highest BCUT2D eigenvalue weighted by atomic mass is 32.2. The number of ether oxygens (including phenoxy) is 2. The number of para-hydroxylation sites is 1. The average Bonchev–Trinajstić information content (AvgIpc) is 3.33. The number of aromatic nitrogens is 1. The van der Waals surface area contributed by atoms with E-state index in [4.69, 9.17) is 9.47 Å². The van der Waals surface area contributed by atoms with Gasteiger partial charge in [-0.3, -0.25) is 0 Å². The van der Waals surface area contributed by atoms with Gasteiger partial charge in [0.05, 0.1) is 29.9 Å². The lowest BCUT2D eigenvalue weighted by Crippen LogP contribution is -2.12. The summed E-state index contributed by atoms with van der Waals surface area (Å²) < 4.78 is 12.0. The lowest BCUT2D eigenvalue weighted by atomic mass is 10.1. The van der Waals surface area contributed by atoms with Crippen LogP contribution in [0.3, 0.4) is 0 Å². The fraction of sp³-hybridized carbons (Fsp3) is 0.179. The Morgan fingerprint density at radius 2 is 1.75 bits per heavy atom. The van der Waals surface area contributed by atoms with Crippen molar-refractivity contribution in [3.63, 3.8) is 0 Å². The van der Waals surface area contributed by atoms with Crippen LogP contribution in [0.25, 0.3) is 11.8 Å². The van der Waals surface area contributed by atoms with Gasteiger partial charge < -0.3 is 19.1 Å². The second-order valence-electron chi connectivity index (χ2n) is 8.01. The zero-order valence-corrected chi connectivity index (χ0v) is 21.3. The second kappa shape index (κ2) is 10.7. The number of aliphatic hydroxyl groups is 1. The highest BCUT2D eigenvalue weighted by molar-refractivity contribution is 8.18. The minimum atomic E-state index is -0.614. The van der Waals surface area contributed by atoms with Gasteiger partial charge >= 0.3 is 11.9 Å². The minimum absolute atomic E-state index is 0.0594. The molecule has 1 aromatic heterocycles. The number of hydrogen-bond acceptors (Lipinski definition) is 7. The Kier molecular flexibility index (Phi) is 7.45. The number of esters is 2.